The van der Waals surface area contributed by atoms with Gasteiger partial charge >= 0.3 is 12.1 Å². The highest BCUT2D eigenvalue weighted by Crippen LogP contribution is 2.38. The highest BCUT2D eigenvalue weighted by molar-refractivity contribution is 7.90. The maximum atomic E-state index is 14.9. The van der Waals surface area contributed by atoms with Gasteiger partial charge in [0.1, 0.15) is 5.75 Å². The van der Waals surface area contributed by atoms with Gasteiger partial charge in [0, 0.05) is 36.6 Å². The van der Waals surface area contributed by atoms with Crippen LogP contribution in [-0.2, 0) is 23.3 Å². The van der Waals surface area contributed by atoms with E-state index in [1.54, 1.807) is 12.1 Å². The molecule has 4 rings (SSSR count). The van der Waals surface area contributed by atoms with Crippen LogP contribution in [0, 0.1) is 5.82 Å². The van der Waals surface area contributed by atoms with Crippen LogP contribution in [-0.4, -0.2) is 36.4 Å². The molecule has 0 fully saturated rings. The largest absolute Gasteiger partial charge is 0.423 e. The zero-order chi connectivity index (χ0) is 23.6. The number of carbonyl (C=O) groups excluding carboxylic acids is 1. The van der Waals surface area contributed by atoms with Gasteiger partial charge < -0.3 is 9.47 Å². The Morgan fingerprint density at radius 3 is 2.73 bits per heavy atom. The van der Waals surface area contributed by atoms with Crippen LogP contribution in [0.4, 0.5) is 14.9 Å². The first-order chi connectivity index (χ1) is 15.8. The molecule has 0 saturated heterocycles. The SMILES string of the molecule is CNS(=O)(=O)Nc1cccc(CN2Cc3cc(Cl)c(Oc4ncccn4)cc3OC2=O)c1F. The molecule has 0 unspecified atom stereocenters. The highest BCUT2D eigenvalue weighted by Gasteiger charge is 2.28. The summed E-state index contributed by atoms with van der Waals surface area (Å²) in [6, 6.07) is 8.92. The number of fused-ring (bicyclic) bond motifs is 1. The molecule has 2 N–H and O–H groups in total. The Morgan fingerprint density at radius 2 is 2.00 bits per heavy atom. The van der Waals surface area contributed by atoms with Crippen molar-refractivity contribution in [2.75, 3.05) is 11.8 Å². The van der Waals surface area contributed by atoms with Gasteiger partial charge in [0.05, 0.1) is 23.8 Å². The van der Waals surface area contributed by atoms with Gasteiger partial charge in [-0.05, 0) is 18.2 Å². The minimum absolute atomic E-state index is 0.0763. The van der Waals surface area contributed by atoms with Crippen molar-refractivity contribution in [2.24, 2.45) is 0 Å². The standard InChI is InChI=1S/C20H17ClFN5O5S/c1-23-33(29,30)26-15-5-2-4-12(18(15)22)10-27-11-13-8-14(21)17(9-16(13)32-20(27)28)31-19-24-6-3-7-25-19/h2-9,23,26H,10-11H2,1H3. The van der Waals surface area contributed by atoms with Crippen LogP contribution in [0.25, 0.3) is 0 Å². The summed E-state index contributed by atoms with van der Waals surface area (Å²) in [5.74, 6) is -0.361. The quantitative estimate of drug-likeness (QED) is 0.516. The van der Waals surface area contributed by atoms with Gasteiger partial charge in [0.15, 0.2) is 11.6 Å². The summed E-state index contributed by atoms with van der Waals surface area (Å²) in [6.45, 7) is -0.0745. The van der Waals surface area contributed by atoms with Gasteiger partial charge in [0.2, 0.25) is 0 Å². The minimum Gasteiger partial charge on any atom is -0.423 e. The second-order valence-electron chi connectivity index (χ2n) is 6.84. The molecule has 0 aliphatic carbocycles. The second-order valence-corrected chi connectivity index (χ2v) is 8.86. The molecule has 33 heavy (non-hydrogen) atoms. The van der Waals surface area contributed by atoms with E-state index in [-0.39, 0.29) is 46.9 Å². The maximum absolute atomic E-state index is 14.9. The van der Waals surface area contributed by atoms with Gasteiger partial charge in [-0.2, -0.15) is 8.42 Å². The summed E-state index contributed by atoms with van der Waals surface area (Å²) in [4.78, 5) is 21.7. The molecule has 3 aromatic rings. The number of halogens is 2. The summed E-state index contributed by atoms with van der Waals surface area (Å²) in [5.41, 5.74) is 0.424. The lowest BCUT2D eigenvalue weighted by atomic mass is 10.1. The Morgan fingerprint density at radius 1 is 1.24 bits per heavy atom. The third kappa shape index (κ3) is 5.13. The topological polar surface area (TPSA) is 123 Å². The molecule has 0 bridgehead atoms. The van der Waals surface area contributed by atoms with Crippen molar-refractivity contribution in [1.82, 2.24) is 19.6 Å². The number of anilines is 1. The average molecular weight is 494 g/mol. The Hall–Kier alpha value is -3.48. The molecule has 0 radical (unpaired) electrons. The third-order valence-electron chi connectivity index (χ3n) is 4.63. The van der Waals surface area contributed by atoms with Crippen molar-refractivity contribution in [3.8, 4) is 17.5 Å². The first kappa shape index (κ1) is 22.7. The van der Waals surface area contributed by atoms with Crippen molar-refractivity contribution in [3.05, 3.63) is 70.8 Å². The zero-order valence-electron chi connectivity index (χ0n) is 17.1. The molecule has 172 valence electrons. The molecule has 2 heterocycles. The van der Waals surface area contributed by atoms with E-state index in [0.29, 0.717) is 5.56 Å². The van der Waals surface area contributed by atoms with Gasteiger partial charge in [0.25, 0.3) is 10.2 Å². The molecule has 1 aliphatic heterocycles. The van der Waals surface area contributed by atoms with Crippen molar-refractivity contribution >= 4 is 33.6 Å². The lowest BCUT2D eigenvalue weighted by molar-refractivity contribution is 0.134. The molecule has 1 aliphatic rings. The van der Waals surface area contributed by atoms with Crippen LogP contribution in [0.2, 0.25) is 5.02 Å². The molecule has 13 heteroatoms. The number of benzene rings is 2. The van der Waals surface area contributed by atoms with E-state index in [2.05, 4.69) is 14.7 Å². The summed E-state index contributed by atoms with van der Waals surface area (Å²) in [5, 5.41) is 0.244. The van der Waals surface area contributed by atoms with Crippen molar-refractivity contribution in [1.29, 1.82) is 0 Å². The lowest BCUT2D eigenvalue weighted by Gasteiger charge is -2.28. The van der Waals surface area contributed by atoms with Gasteiger partial charge in [-0.3, -0.25) is 9.62 Å². The van der Waals surface area contributed by atoms with Crippen molar-refractivity contribution < 1.29 is 27.1 Å². The number of ether oxygens (including phenoxy) is 2. The average Bonchev–Trinajstić information content (AvgIpc) is 2.78. The minimum atomic E-state index is -3.91. The summed E-state index contributed by atoms with van der Waals surface area (Å²) in [7, 11) is -2.71. The van der Waals surface area contributed by atoms with Crippen LogP contribution in [0.15, 0.2) is 48.8 Å². The van der Waals surface area contributed by atoms with Crippen molar-refractivity contribution in [3.63, 3.8) is 0 Å². The first-order valence-electron chi connectivity index (χ1n) is 9.48. The van der Waals surface area contributed by atoms with Gasteiger partial charge in [-0.25, -0.2) is 23.9 Å². The molecule has 0 saturated carbocycles. The molecule has 0 spiro atoms. The highest BCUT2D eigenvalue weighted by atomic mass is 35.5. The fraction of sp³-hybridized carbons (Fsp3) is 0.150. The summed E-state index contributed by atoms with van der Waals surface area (Å²) in [6.07, 6.45) is 2.29. The molecule has 1 amide bonds. The molecule has 10 nitrogen and oxygen atoms in total. The van der Waals surface area contributed by atoms with Gasteiger partial charge in [-0.1, -0.05) is 23.7 Å². The molecular formula is C20H17ClFN5O5S. The van der Waals surface area contributed by atoms with E-state index in [0.717, 1.165) is 0 Å². The van der Waals surface area contributed by atoms with Crippen molar-refractivity contribution in [2.45, 2.75) is 13.1 Å². The number of nitrogens with one attached hydrogen (secondary N) is 2. The lowest BCUT2D eigenvalue weighted by Crippen LogP contribution is -2.36. The van der Waals surface area contributed by atoms with Gasteiger partial charge in [-0.15, -0.1) is 0 Å². The number of hydrogen-bond acceptors (Lipinski definition) is 7. The number of hydrogen-bond donors (Lipinski definition) is 2. The van der Waals surface area contributed by atoms with Crippen LogP contribution in [0.3, 0.4) is 0 Å². The van der Waals surface area contributed by atoms with Crippen LogP contribution >= 0.6 is 11.6 Å². The molecule has 0 atom stereocenters. The Kier molecular flexibility index (Phi) is 6.31. The molecule has 1 aromatic heterocycles. The number of carbonyl (C=O) groups is 1. The van der Waals surface area contributed by atoms with Crippen LogP contribution in [0.1, 0.15) is 11.1 Å². The predicted molar refractivity (Wildman–Crippen MR) is 117 cm³/mol. The Labute approximate surface area is 193 Å². The molecule has 2 aromatic carbocycles. The predicted octanol–water partition coefficient (Wildman–Crippen LogP) is 3.45. The normalized spacial score (nSPS) is 13.3. The smallest absolute Gasteiger partial charge is 0.415 e. The molecular weight excluding hydrogens is 477 g/mol. The fourth-order valence-electron chi connectivity index (χ4n) is 3.04. The first-order valence-corrected chi connectivity index (χ1v) is 11.3. The maximum Gasteiger partial charge on any atom is 0.415 e. The van der Waals surface area contributed by atoms with E-state index in [1.165, 1.54) is 48.6 Å². The van der Waals surface area contributed by atoms with Crippen LogP contribution in [0.5, 0.6) is 17.5 Å². The Bertz CT molecular complexity index is 1310. The number of rotatable bonds is 7. The summed E-state index contributed by atoms with van der Waals surface area (Å²) < 4.78 is 53.3. The van der Waals surface area contributed by atoms with E-state index in [4.69, 9.17) is 21.1 Å². The van der Waals surface area contributed by atoms with E-state index < -0.39 is 22.1 Å². The van der Waals surface area contributed by atoms with E-state index in [1.807, 2.05) is 4.72 Å². The van der Waals surface area contributed by atoms with E-state index in [9.17, 15) is 17.6 Å². The van der Waals surface area contributed by atoms with E-state index >= 15 is 0 Å². The number of aromatic nitrogens is 2. The Balaban J connectivity index is 1.54. The zero-order valence-corrected chi connectivity index (χ0v) is 18.7. The monoisotopic (exact) mass is 493 g/mol. The van der Waals surface area contributed by atoms with Crippen LogP contribution < -0.4 is 18.9 Å². The summed E-state index contributed by atoms with van der Waals surface area (Å²) >= 11 is 6.31. The number of amides is 1. The second kappa shape index (κ2) is 9.17. The third-order valence-corrected chi connectivity index (χ3v) is 5.95. The number of nitrogens with zero attached hydrogens (tertiary/aromatic N) is 3. The fourth-order valence-corrected chi connectivity index (χ4v) is 3.81.